The van der Waals surface area contributed by atoms with Crippen molar-refractivity contribution in [2.75, 3.05) is 26.7 Å². The van der Waals surface area contributed by atoms with Crippen molar-refractivity contribution in [1.29, 1.82) is 0 Å². The Bertz CT molecular complexity index is 436. The summed E-state index contributed by atoms with van der Waals surface area (Å²) >= 11 is 0. The number of methoxy groups -OCH3 is 1. The van der Waals surface area contributed by atoms with Gasteiger partial charge in [-0.1, -0.05) is 12.1 Å². The third kappa shape index (κ3) is 5.38. The maximum atomic E-state index is 10.5. The van der Waals surface area contributed by atoms with Crippen molar-refractivity contribution >= 4 is 5.97 Å². The molecule has 0 radical (unpaired) electrons. The Morgan fingerprint density at radius 2 is 1.95 bits per heavy atom. The highest BCUT2D eigenvalue weighted by molar-refractivity contribution is 5.66. The van der Waals surface area contributed by atoms with Crippen LogP contribution in [-0.2, 0) is 11.2 Å². The van der Waals surface area contributed by atoms with Crippen molar-refractivity contribution in [3.8, 4) is 5.75 Å². The summed E-state index contributed by atoms with van der Waals surface area (Å²) in [6.45, 7) is 3.11. The predicted octanol–water partition coefficient (Wildman–Crippen LogP) is 2.81. The standard InChI is InChI=1S/C17H25NO3/c1-21-16-6-4-14(5-7-16)13-15-8-11-18(12-9-15)10-2-3-17(19)20/h4-7,15H,2-3,8-13H2,1H3,(H,19,20). The quantitative estimate of drug-likeness (QED) is 0.839. The number of hydrogen-bond donors (Lipinski definition) is 1. The Labute approximate surface area is 126 Å². The van der Waals surface area contributed by atoms with Crippen LogP contribution in [0.4, 0.5) is 0 Å². The SMILES string of the molecule is COc1ccc(CC2CCN(CCCC(=O)O)CC2)cc1. The van der Waals surface area contributed by atoms with Crippen LogP contribution in [0.5, 0.6) is 5.75 Å². The second kappa shape index (κ2) is 8.03. The van der Waals surface area contributed by atoms with Gasteiger partial charge in [-0.2, -0.15) is 0 Å². The van der Waals surface area contributed by atoms with E-state index in [1.807, 2.05) is 12.1 Å². The highest BCUT2D eigenvalue weighted by atomic mass is 16.5. The number of piperidine rings is 1. The highest BCUT2D eigenvalue weighted by Gasteiger charge is 2.19. The molecular weight excluding hydrogens is 266 g/mol. The molecule has 116 valence electrons. The number of nitrogens with zero attached hydrogens (tertiary/aromatic N) is 1. The number of carbonyl (C=O) groups is 1. The summed E-state index contributed by atoms with van der Waals surface area (Å²) in [6, 6.07) is 8.35. The molecule has 4 nitrogen and oxygen atoms in total. The zero-order valence-corrected chi connectivity index (χ0v) is 12.8. The van der Waals surface area contributed by atoms with Gasteiger partial charge in [-0.3, -0.25) is 4.79 Å². The maximum Gasteiger partial charge on any atom is 0.303 e. The van der Waals surface area contributed by atoms with Crippen LogP contribution in [0, 0.1) is 5.92 Å². The molecule has 0 atom stereocenters. The minimum atomic E-state index is -0.690. The molecule has 1 saturated heterocycles. The minimum absolute atomic E-state index is 0.284. The van der Waals surface area contributed by atoms with Gasteiger partial charge >= 0.3 is 5.97 Å². The lowest BCUT2D eigenvalue weighted by Gasteiger charge is -2.31. The molecule has 0 aliphatic carbocycles. The van der Waals surface area contributed by atoms with E-state index in [9.17, 15) is 4.79 Å². The summed E-state index contributed by atoms with van der Waals surface area (Å²) in [6.07, 6.45) is 4.59. The Kier molecular flexibility index (Phi) is 6.05. The molecule has 0 unspecified atom stereocenters. The molecule has 0 amide bonds. The van der Waals surface area contributed by atoms with Gasteiger partial charge in [-0.15, -0.1) is 0 Å². The third-order valence-electron chi connectivity index (χ3n) is 4.26. The van der Waals surface area contributed by atoms with E-state index in [4.69, 9.17) is 9.84 Å². The topological polar surface area (TPSA) is 49.8 Å². The molecular formula is C17H25NO3. The van der Waals surface area contributed by atoms with E-state index in [0.717, 1.165) is 44.1 Å². The van der Waals surface area contributed by atoms with Crippen LogP contribution in [0.25, 0.3) is 0 Å². The second-order valence-corrected chi connectivity index (χ2v) is 5.83. The van der Waals surface area contributed by atoms with Crippen molar-refractivity contribution in [2.24, 2.45) is 5.92 Å². The molecule has 21 heavy (non-hydrogen) atoms. The van der Waals surface area contributed by atoms with Gasteiger partial charge in [-0.25, -0.2) is 0 Å². The van der Waals surface area contributed by atoms with Crippen molar-refractivity contribution in [3.63, 3.8) is 0 Å². The fourth-order valence-corrected chi connectivity index (χ4v) is 2.96. The van der Waals surface area contributed by atoms with Crippen molar-refractivity contribution in [3.05, 3.63) is 29.8 Å². The predicted molar refractivity (Wildman–Crippen MR) is 82.7 cm³/mol. The number of benzene rings is 1. The van der Waals surface area contributed by atoms with E-state index in [1.165, 1.54) is 18.4 Å². The molecule has 1 heterocycles. The molecule has 0 bridgehead atoms. The fraction of sp³-hybridized carbons (Fsp3) is 0.588. The normalized spacial score (nSPS) is 16.8. The number of likely N-dealkylation sites (tertiary alicyclic amines) is 1. The average molecular weight is 291 g/mol. The number of carboxylic acid groups (broad SMARTS) is 1. The molecule has 1 aliphatic heterocycles. The maximum absolute atomic E-state index is 10.5. The first kappa shape index (κ1) is 15.8. The lowest BCUT2D eigenvalue weighted by molar-refractivity contribution is -0.137. The Morgan fingerprint density at radius 3 is 2.52 bits per heavy atom. The minimum Gasteiger partial charge on any atom is -0.497 e. The van der Waals surface area contributed by atoms with E-state index in [-0.39, 0.29) is 6.42 Å². The first-order valence-electron chi connectivity index (χ1n) is 7.74. The average Bonchev–Trinajstić information content (AvgIpc) is 2.49. The number of aliphatic carboxylic acids is 1. The second-order valence-electron chi connectivity index (χ2n) is 5.83. The molecule has 1 aromatic rings. The van der Waals surface area contributed by atoms with Crippen molar-refractivity contribution in [1.82, 2.24) is 4.90 Å². The Morgan fingerprint density at radius 1 is 1.29 bits per heavy atom. The number of carboxylic acids is 1. The molecule has 4 heteroatoms. The number of ether oxygens (including phenoxy) is 1. The van der Waals surface area contributed by atoms with Gasteiger partial charge in [0.25, 0.3) is 0 Å². The van der Waals surface area contributed by atoms with Crippen LogP contribution in [0.2, 0.25) is 0 Å². The summed E-state index contributed by atoms with van der Waals surface area (Å²) in [5.41, 5.74) is 1.38. The zero-order valence-electron chi connectivity index (χ0n) is 12.8. The molecule has 1 aliphatic rings. The van der Waals surface area contributed by atoms with Gasteiger partial charge < -0.3 is 14.7 Å². The van der Waals surface area contributed by atoms with Gasteiger partial charge in [0.2, 0.25) is 0 Å². The molecule has 1 aromatic carbocycles. The molecule has 0 aromatic heterocycles. The molecule has 2 rings (SSSR count). The van der Waals surface area contributed by atoms with Crippen LogP contribution < -0.4 is 4.74 Å². The monoisotopic (exact) mass is 291 g/mol. The van der Waals surface area contributed by atoms with Gasteiger partial charge in [0, 0.05) is 6.42 Å². The van der Waals surface area contributed by atoms with Crippen LogP contribution in [0.3, 0.4) is 0 Å². The molecule has 1 N–H and O–H groups in total. The van der Waals surface area contributed by atoms with Crippen LogP contribution in [0.1, 0.15) is 31.2 Å². The van der Waals surface area contributed by atoms with E-state index in [2.05, 4.69) is 17.0 Å². The molecule has 0 saturated carbocycles. The van der Waals surface area contributed by atoms with Gasteiger partial charge in [0.1, 0.15) is 5.75 Å². The largest absolute Gasteiger partial charge is 0.497 e. The summed E-state index contributed by atoms with van der Waals surface area (Å²) in [5.74, 6) is 0.963. The van der Waals surface area contributed by atoms with Crippen molar-refractivity contribution < 1.29 is 14.6 Å². The summed E-state index contributed by atoms with van der Waals surface area (Å²) in [4.78, 5) is 12.9. The third-order valence-corrected chi connectivity index (χ3v) is 4.26. The van der Waals surface area contributed by atoms with E-state index in [0.29, 0.717) is 0 Å². The van der Waals surface area contributed by atoms with Gasteiger partial charge in [-0.05, 0) is 68.9 Å². The molecule has 0 spiro atoms. The Hall–Kier alpha value is -1.55. The summed E-state index contributed by atoms with van der Waals surface area (Å²) in [5, 5.41) is 8.66. The van der Waals surface area contributed by atoms with E-state index in [1.54, 1.807) is 7.11 Å². The number of rotatable bonds is 7. The summed E-state index contributed by atoms with van der Waals surface area (Å²) < 4.78 is 5.18. The smallest absolute Gasteiger partial charge is 0.303 e. The number of hydrogen-bond acceptors (Lipinski definition) is 3. The highest BCUT2D eigenvalue weighted by Crippen LogP contribution is 2.23. The zero-order chi connectivity index (χ0) is 15.1. The van der Waals surface area contributed by atoms with Crippen LogP contribution in [-0.4, -0.2) is 42.7 Å². The lowest BCUT2D eigenvalue weighted by Crippen LogP contribution is -2.35. The molecule has 1 fully saturated rings. The summed E-state index contributed by atoms with van der Waals surface area (Å²) in [7, 11) is 1.69. The van der Waals surface area contributed by atoms with Gasteiger partial charge in [0.15, 0.2) is 0 Å². The van der Waals surface area contributed by atoms with E-state index >= 15 is 0 Å². The van der Waals surface area contributed by atoms with E-state index < -0.39 is 5.97 Å². The lowest BCUT2D eigenvalue weighted by atomic mass is 9.90. The first-order valence-corrected chi connectivity index (χ1v) is 7.74. The van der Waals surface area contributed by atoms with Crippen LogP contribution in [0.15, 0.2) is 24.3 Å². The Balaban J connectivity index is 1.69. The van der Waals surface area contributed by atoms with Gasteiger partial charge in [0.05, 0.1) is 7.11 Å². The van der Waals surface area contributed by atoms with Crippen LogP contribution >= 0.6 is 0 Å². The first-order chi connectivity index (χ1) is 10.2. The van der Waals surface area contributed by atoms with Crippen molar-refractivity contribution in [2.45, 2.75) is 32.1 Å². The fourth-order valence-electron chi connectivity index (χ4n) is 2.96.